The van der Waals surface area contributed by atoms with Gasteiger partial charge in [-0.1, -0.05) is 42.5 Å². The van der Waals surface area contributed by atoms with Crippen molar-refractivity contribution in [2.45, 2.75) is 12.8 Å². The number of aromatic nitrogens is 2. The molecule has 1 aromatic heterocycles. The van der Waals surface area contributed by atoms with Crippen molar-refractivity contribution in [3.63, 3.8) is 0 Å². The first-order valence-corrected chi connectivity index (χ1v) is 9.22. The van der Waals surface area contributed by atoms with E-state index in [0.717, 1.165) is 22.4 Å². The molecular weight excluding hydrogens is 310 g/mol. The molecule has 0 unspecified atom stereocenters. The second-order valence-corrected chi connectivity index (χ2v) is 7.33. The Kier molecular flexibility index (Phi) is 4.73. The lowest BCUT2D eigenvalue weighted by atomic mass is 10.2. The molecule has 1 heterocycles. The predicted molar refractivity (Wildman–Crippen MR) is 91.7 cm³/mol. The molecule has 23 heavy (non-hydrogen) atoms. The van der Waals surface area contributed by atoms with Crippen LogP contribution in [0.1, 0.15) is 11.4 Å². The molecule has 2 N–H and O–H groups in total. The maximum Gasteiger partial charge on any atom is 0.211 e. The Morgan fingerprint density at radius 1 is 0.957 bits per heavy atom. The lowest BCUT2D eigenvalue weighted by Gasteiger charge is -2.06. The smallest absolute Gasteiger partial charge is 0.211 e. The average molecular weight is 329 g/mol. The zero-order chi connectivity index (χ0) is 16.1. The first-order chi connectivity index (χ1) is 11.1. The van der Waals surface area contributed by atoms with E-state index in [-0.39, 0.29) is 5.75 Å². The zero-order valence-corrected chi connectivity index (χ0v) is 13.5. The van der Waals surface area contributed by atoms with Crippen LogP contribution >= 0.6 is 0 Å². The Balaban J connectivity index is 1.50. The first kappa shape index (κ1) is 15.7. The van der Waals surface area contributed by atoms with E-state index in [4.69, 9.17) is 0 Å². The van der Waals surface area contributed by atoms with Crippen LogP contribution in [0.15, 0.2) is 54.6 Å². The maximum atomic E-state index is 12.0. The standard InChI is InChI=1S/C17H19N3O2S/c21-23(22,13-11-14-6-2-1-3-7-14)18-12-10-17-19-15-8-4-5-9-16(15)20-17/h1-9,18H,10-13H2,(H,19,20). The number of H-pyrrole nitrogens is 1. The van der Waals surface area contributed by atoms with Gasteiger partial charge in [-0.15, -0.1) is 0 Å². The van der Waals surface area contributed by atoms with Crippen LogP contribution in [0.2, 0.25) is 0 Å². The number of hydrogen-bond acceptors (Lipinski definition) is 3. The molecule has 0 aliphatic rings. The highest BCUT2D eigenvalue weighted by atomic mass is 32.2. The van der Waals surface area contributed by atoms with Crippen LogP contribution in [0.25, 0.3) is 11.0 Å². The van der Waals surface area contributed by atoms with Gasteiger partial charge in [-0.25, -0.2) is 18.1 Å². The monoisotopic (exact) mass is 329 g/mol. The highest BCUT2D eigenvalue weighted by Gasteiger charge is 2.10. The van der Waals surface area contributed by atoms with Gasteiger partial charge in [0.15, 0.2) is 0 Å². The third kappa shape index (κ3) is 4.40. The molecule has 120 valence electrons. The number of hydrogen-bond donors (Lipinski definition) is 2. The van der Waals surface area contributed by atoms with Gasteiger partial charge >= 0.3 is 0 Å². The number of aromatic amines is 1. The Labute approximate surface area is 135 Å². The summed E-state index contributed by atoms with van der Waals surface area (Å²) in [6, 6.07) is 17.4. The van der Waals surface area contributed by atoms with Gasteiger partial charge in [0.2, 0.25) is 10.0 Å². The molecule has 5 nitrogen and oxygen atoms in total. The average Bonchev–Trinajstić information content (AvgIpc) is 2.96. The van der Waals surface area contributed by atoms with Gasteiger partial charge in [0.25, 0.3) is 0 Å². The van der Waals surface area contributed by atoms with Crippen LogP contribution in [-0.2, 0) is 22.9 Å². The number of imidazole rings is 1. The molecule has 0 fully saturated rings. The largest absolute Gasteiger partial charge is 0.342 e. The molecule has 2 aromatic carbocycles. The second kappa shape index (κ2) is 6.93. The molecule has 0 bridgehead atoms. The van der Waals surface area contributed by atoms with E-state index < -0.39 is 10.0 Å². The molecule has 0 saturated heterocycles. The van der Waals surface area contributed by atoms with E-state index in [1.807, 2.05) is 54.6 Å². The van der Waals surface area contributed by atoms with E-state index in [1.54, 1.807) is 0 Å². The Bertz CT molecular complexity index is 840. The fraction of sp³-hybridized carbons (Fsp3) is 0.235. The van der Waals surface area contributed by atoms with E-state index in [2.05, 4.69) is 14.7 Å². The number of rotatable bonds is 7. The van der Waals surface area contributed by atoms with Crippen molar-refractivity contribution in [3.8, 4) is 0 Å². The normalized spacial score (nSPS) is 11.8. The summed E-state index contributed by atoms with van der Waals surface area (Å²) in [5, 5.41) is 0. The molecule has 3 rings (SSSR count). The lowest BCUT2D eigenvalue weighted by molar-refractivity contribution is 0.580. The van der Waals surface area contributed by atoms with Crippen molar-refractivity contribution in [3.05, 3.63) is 66.0 Å². The topological polar surface area (TPSA) is 74.8 Å². The molecule has 0 radical (unpaired) electrons. The van der Waals surface area contributed by atoms with E-state index in [1.165, 1.54) is 0 Å². The van der Waals surface area contributed by atoms with Gasteiger partial charge in [-0.2, -0.15) is 0 Å². The van der Waals surface area contributed by atoms with Crippen molar-refractivity contribution in [1.82, 2.24) is 14.7 Å². The number of nitrogens with zero attached hydrogens (tertiary/aromatic N) is 1. The van der Waals surface area contributed by atoms with E-state index >= 15 is 0 Å². The van der Waals surface area contributed by atoms with Crippen molar-refractivity contribution >= 4 is 21.1 Å². The maximum absolute atomic E-state index is 12.0. The summed E-state index contributed by atoms with van der Waals surface area (Å²) in [6.07, 6.45) is 1.06. The second-order valence-electron chi connectivity index (χ2n) is 5.40. The van der Waals surface area contributed by atoms with Crippen molar-refractivity contribution in [1.29, 1.82) is 0 Å². The summed E-state index contributed by atoms with van der Waals surface area (Å²) in [5.74, 6) is 0.883. The van der Waals surface area contributed by atoms with Crippen LogP contribution in [0.5, 0.6) is 0 Å². The summed E-state index contributed by atoms with van der Waals surface area (Å²) in [7, 11) is -3.27. The minimum absolute atomic E-state index is 0.0944. The quantitative estimate of drug-likeness (QED) is 0.698. The molecular formula is C17H19N3O2S. The SMILES string of the molecule is O=S(=O)(CCc1ccccc1)NCCc1nc2ccccc2[nH]1. The minimum atomic E-state index is -3.27. The van der Waals surface area contributed by atoms with Gasteiger partial charge in [0.05, 0.1) is 16.8 Å². The van der Waals surface area contributed by atoms with Gasteiger partial charge in [-0.3, -0.25) is 0 Å². The number of aryl methyl sites for hydroxylation is 1. The van der Waals surface area contributed by atoms with Crippen LogP contribution in [-0.4, -0.2) is 30.7 Å². The van der Waals surface area contributed by atoms with Gasteiger partial charge < -0.3 is 4.98 Å². The molecule has 0 aliphatic carbocycles. The Morgan fingerprint density at radius 2 is 1.70 bits per heavy atom. The molecule has 0 amide bonds. The summed E-state index contributed by atoms with van der Waals surface area (Å²) in [4.78, 5) is 7.63. The Hall–Kier alpha value is -2.18. The Morgan fingerprint density at radius 3 is 2.48 bits per heavy atom. The number of para-hydroxylation sites is 2. The van der Waals surface area contributed by atoms with Crippen molar-refractivity contribution in [2.24, 2.45) is 0 Å². The minimum Gasteiger partial charge on any atom is -0.342 e. The third-order valence-corrected chi connectivity index (χ3v) is 5.01. The van der Waals surface area contributed by atoms with Crippen LogP contribution in [0.4, 0.5) is 0 Å². The number of sulfonamides is 1. The summed E-state index contributed by atoms with van der Waals surface area (Å²) in [6.45, 7) is 0.344. The summed E-state index contributed by atoms with van der Waals surface area (Å²) < 4.78 is 26.7. The van der Waals surface area contributed by atoms with E-state index in [9.17, 15) is 8.42 Å². The van der Waals surface area contributed by atoms with Crippen molar-refractivity contribution in [2.75, 3.05) is 12.3 Å². The number of benzene rings is 2. The number of nitrogens with one attached hydrogen (secondary N) is 2. The van der Waals surface area contributed by atoms with Crippen LogP contribution in [0.3, 0.4) is 0 Å². The summed E-state index contributed by atoms with van der Waals surface area (Å²) >= 11 is 0. The highest BCUT2D eigenvalue weighted by molar-refractivity contribution is 7.89. The molecule has 0 atom stereocenters. The lowest BCUT2D eigenvalue weighted by Crippen LogP contribution is -2.29. The molecule has 0 aliphatic heterocycles. The molecule has 0 spiro atoms. The number of fused-ring (bicyclic) bond motifs is 1. The zero-order valence-electron chi connectivity index (χ0n) is 12.7. The van der Waals surface area contributed by atoms with Gasteiger partial charge in [0.1, 0.15) is 5.82 Å². The van der Waals surface area contributed by atoms with Gasteiger partial charge in [0, 0.05) is 13.0 Å². The molecule has 3 aromatic rings. The molecule has 6 heteroatoms. The first-order valence-electron chi connectivity index (χ1n) is 7.57. The highest BCUT2D eigenvalue weighted by Crippen LogP contribution is 2.10. The van der Waals surface area contributed by atoms with E-state index in [0.29, 0.717) is 19.4 Å². The van der Waals surface area contributed by atoms with Crippen LogP contribution < -0.4 is 4.72 Å². The van der Waals surface area contributed by atoms with Crippen molar-refractivity contribution < 1.29 is 8.42 Å². The fourth-order valence-corrected chi connectivity index (χ4v) is 3.48. The van der Waals surface area contributed by atoms with Crippen LogP contribution in [0, 0.1) is 0 Å². The summed E-state index contributed by atoms with van der Waals surface area (Å²) in [5.41, 5.74) is 2.89. The fourth-order valence-electron chi connectivity index (χ4n) is 2.42. The third-order valence-electron chi connectivity index (χ3n) is 3.62. The van der Waals surface area contributed by atoms with Gasteiger partial charge in [-0.05, 0) is 24.1 Å². The predicted octanol–water partition coefficient (Wildman–Crippen LogP) is 2.27. The molecule has 0 saturated carbocycles.